The number of carbonyl (C=O) groups excluding carboxylic acids is 1. The Kier molecular flexibility index (Phi) is 5.36. The summed E-state index contributed by atoms with van der Waals surface area (Å²) in [5.41, 5.74) is 2.48. The number of anilines is 2. The van der Waals surface area contributed by atoms with E-state index in [4.69, 9.17) is 4.74 Å². The number of amides is 1. The van der Waals surface area contributed by atoms with E-state index >= 15 is 0 Å². The van der Waals surface area contributed by atoms with Crippen LogP contribution in [0, 0.1) is 12.7 Å². The maximum absolute atomic E-state index is 12.8. The molecule has 2 N–H and O–H groups in total. The summed E-state index contributed by atoms with van der Waals surface area (Å²) >= 11 is 0. The quantitative estimate of drug-likeness (QED) is 0.857. The van der Waals surface area contributed by atoms with E-state index in [0.717, 1.165) is 11.3 Å². The Morgan fingerprint density at radius 1 is 1.18 bits per heavy atom. The number of ether oxygens (including phenoxy) is 1. The fourth-order valence-electron chi connectivity index (χ4n) is 2.02. The third-order valence-electron chi connectivity index (χ3n) is 3.15. The molecule has 2 aromatic rings. The van der Waals surface area contributed by atoms with Gasteiger partial charge in [-0.15, -0.1) is 0 Å². The molecule has 0 unspecified atom stereocenters. The van der Waals surface area contributed by atoms with Gasteiger partial charge in [-0.3, -0.25) is 4.79 Å². The molecular formula is C17H19FN2O2. The molecule has 0 aromatic heterocycles. The first kappa shape index (κ1) is 15.8. The van der Waals surface area contributed by atoms with Crippen molar-refractivity contribution in [3.8, 4) is 5.75 Å². The summed E-state index contributed by atoms with van der Waals surface area (Å²) in [6.45, 7) is 2.41. The van der Waals surface area contributed by atoms with E-state index in [0.29, 0.717) is 24.4 Å². The molecule has 0 heterocycles. The second kappa shape index (κ2) is 7.45. The van der Waals surface area contributed by atoms with Crippen LogP contribution in [0.1, 0.15) is 12.0 Å². The zero-order valence-electron chi connectivity index (χ0n) is 12.7. The molecular weight excluding hydrogens is 283 g/mol. The molecule has 0 saturated heterocycles. The van der Waals surface area contributed by atoms with Crippen molar-refractivity contribution in [3.05, 3.63) is 53.8 Å². The van der Waals surface area contributed by atoms with Crippen molar-refractivity contribution in [2.75, 3.05) is 24.3 Å². The molecule has 0 aliphatic carbocycles. The fraction of sp³-hybridized carbons (Fsp3) is 0.235. The van der Waals surface area contributed by atoms with Gasteiger partial charge in [0.15, 0.2) is 0 Å². The first-order valence-corrected chi connectivity index (χ1v) is 7.02. The third-order valence-corrected chi connectivity index (χ3v) is 3.15. The number of hydrogen-bond donors (Lipinski definition) is 2. The molecule has 116 valence electrons. The Balaban J connectivity index is 1.85. The second-order valence-electron chi connectivity index (χ2n) is 4.94. The van der Waals surface area contributed by atoms with Gasteiger partial charge in [0.05, 0.1) is 12.8 Å². The van der Waals surface area contributed by atoms with Gasteiger partial charge in [0.2, 0.25) is 5.91 Å². The third kappa shape index (κ3) is 4.48. The van der Waals surface area contributed by atoms with Crippen molar-refractivity contribution < 1.29 is 13.9 Å². The molecule has 0 saturated carbocycles. The van der Waals surface area contributed by atoms with Gasteiger partial charge in [0.1, 0.15) is 11.6 Å². The molecule has 2 rings (SSSR count). The highest BCUT2D eigenvalue weighted by molar-refractivity contribution is 5.92. The van der Waals surface area contributed by atoms with Crippen LogP contribution in [-0.4, -0.2) is 19.6 Å². The van der Waals surface area contributed by atoms with Crippen LogP contribution in [0.25, 0.3) is 0 Å². The van der Waals surface area contributed by atoms with E-state index in [1.54, 1.807) is 19.2 Å². The number of methoxy groups -OCH3 is 1. The van der Waals surface area contributed by atoms with Crippen molar-refractivity contribution in [3.63, 3.8) is 0 Å². The highest BCUT2D eigenvalue weighted by Crippen LogP contribution is 2.25. The van der Waals surface area contributed by atoms with Crippen molar-refractivity contribution >= 4 is 17.3 Å². The highest BCUT2D eigenvalue weighted by Gasteiger charge is 2.07. The molecule has 0 aliphatic heterocycles. The second-order valence-corrected chi connectivity index (χ2v) is 4.94. The van der Waals surface area contributed by atoms with E-state index in [9.17, 15) is 9.18 Å². The van der Waals surface area contributed by atoms with Gasteiger partial charge >= 0.3 is 0 Å². The zero-order chi connectivity index (χ0) is 15.9. The summed E-state index contributed by atoms with van der Waals surface area (Å²) in [4.78, 5) is 12.0. The number of hydrogen-bond acceptors (Lipinski definition) is 3. The van der Waals surface area contributed by atoms with E-state index < -0.39 is 0 Å². The molecule has 0 bridgehead atoms. The van der Waals surface area contributed by atoms with Gasteiger partial charge in [0, 0.05) is 18.7 Å². The minimum atomic E-state index is -0.283. The van der Waals surface area contributed by atoms with Crippen molar-refractivity contribution in [1.29, 1.82) is 0 Å². The summed E-state index contributed by atoms with van der Waals surface area (Å²) in [5, 5.41) is 5.90. The molecule has 4 nitrogen and oxygen atoms in total. The zero-order valence-corrected chi connectivity index (χ0v) is 12.7. The monoisotopic (exact) mass is 302 g/mol. The van der Waals surface area contributed by atoms with E-state index in [2.05, 4.69) is 10.6 Å². The van der Waals surface area contributed by atoms with Crippen LogP contribution in [0.4, 0.5) is 15.8 Å². The Hall–Kier alpha value is -2.56. The van der Waals surface area contributed by atoms with Crippen LogP contribution in [-0.2, 0) is 4.79 Å². The average molecular weight is 302 g/mol. The largest absolute Gasteiger partial charge is 0.495 e. The Labute approximate surface area is 129 Å². The summed E-state index contributed by atoms with van der Waals surface area (Å²) < 4.78 is 18.0. The topological polar surface area (TPSA) is 50.4 Å². The van der Waals surface area contributed by atoms with Crippen LogP contribution < -0.4 is 15.4 Å². The lowest BCUT2D eigenvalue weighted by Crippen LogP contribution is -2.16. The Morgan fingerprint density at radius 3 is 2.59 bits per heavy atom. The van der Waals surface area contributed by atoms with Gasteiger partial charge in [-0.2, -0.15) is 0 Å². The van der Waals surface area contributed by atoms with Crippen molar-refractivity contribution in [2.45, 2.75) is 13.3 Å². The predicted molar refractivity (Wildman–Crippen MR) is 85.9 cm³/mol. The number of benzene rings is 2. The number of halogens is 1. The van der Waals surface area contributed by atoms with Gasteiger partial charge in [-0.25, -0.2) is 4.39 Å². The van der Waals surface area contributed by atoms with Crippen LogP contribution in [0.15, 0.2) is 42.5 Å². The lowest BCUT2D eigenvalue weighted by molar-refractivity contribution is -0.116. The summed E-state index contributed by atoms with van der Waals surface area (Å²) in [6.07, 6.45) is 0.300. The van der Waals surface area contributed by atoms with Crippen molar-refractivity contribution in [1.82, 2.24) is 0 Å². The standard InChI is InChI=1S/C17H19FN2O2/c1-12-3-8-16(22-2)15(11-12)20-17(21)9-10-19-14-6-4-13(18)5-7-14/h3-8,11,19H,9-10H2,1-2H3,(H,20,21). The maximum Gasteiger partial charge on any atom is 0.226 e. The minimum Gasteiger partial charge on any atom is -0.495 e. The van der Waals surface area contributed by atoms with E-state index in [1.807, 2.05) is 25.1 Å². The van der Waals surface area contributed by atoms with E-state index in [1.165, 1.54) is 12.1 Å². The summed E-state index contributed by atoms with van der Waals surface area (Å²) in [5.74, 6) is 0.235. The van der Waals surface area contributed by atoms with Crippen LogP contribution in [0.3, 0.4) is 0 Å². The average Bonchev–Trinajstić information content (AvgIpc) is 2.49. The molecule has 0 spiro atoms. The first-order valence-electron chi connectivity index (χ1n) is 7.02. The molecule has 0 aliphatic rings. The smallest absolute Gasteiger partial charge is 0.226 e. The SMILES string of the molecule is COc1ccc(C)cc1NC(=O)CCNc1ccc(F)cc1. The first-order chi connectivity index (χ1) is 10.6. The Bertz CT molecular complexity index is 642. The highest BCUT2D eigenvalue weighted by atomic mass is 19.1. The molecule has 22 heavy (non-hydrogen) atoms. The number of nitrogens with one attached hydrogen (secondary N) is 2. The number of carbonyl (C=O) groups is 1. The van der Waals surface area contributed by atoms with Crippen LogP contribution in [0.5, 0.6) is 5.75 Å². The maximum atomic E-state index is 12.8. The molecule has 1 amide bonds. The minimum absolute atomic E-state index is 0.112. The summed E-state index contributed by atoms with van der Waals surface area (Å²) in [7, 11) is 1.57. The molecule has 5 heteroatoms. The summed E-state index contributed by atoms with van der Waals surface area (Å²) in [6, 6.07) is 11.6. The van der Waals surface area contributed by atoms with Gasteiger partial charge in [-0.1, -0.05) is 6.07 Å². The van der Waals surface area contributed by atoms with Crippen molar-refractivity contribution in [2.24, 2.45) is 0 Å². The molecule has 0 atom stereocenters. The van der Waals surface area contributed by atoms with Gasteiger partial charge in [0.25, 0.3) is 0 Å². The van der Waals surface area contributed by atoms with E-state index in [-0.39, 0.29) is 11.7 Å². The lowest BCUT2D eigenvalue weighted by Gasteiger charge is -2.11. The molecule has 0 radical (unpaired) electrons. The Morgan fingerprint density at radius 2 is 1.91 bits per heavy atom. The molecule has 2 aromatic carbocycles. The predicted octanol–water partition coefficient (Wildman–Crippen LogP) is 3.58. The molecule has 0 fully saturated rings. The lowest BCUT2D eigenvalue weighted by atomic mass is 10.2. The normalized spacial score (nSPS) is 10.1. The van der Waals surface area contributed by atoms with Gasteiger partial charge in [-0.05, 0) is 48.9 Å². The van der Waals surface area contributed by atoms with Gasteiger partial charge < -0.3 is 15.4 Å². The number of aryl methyl sites for hydroxylation is 1. The van der Waals surface area contributed by atoms with Crippen LogP contribution >= 0.6 is 0 Å². The number of rotatable bonds is 6. The van der Waals surface area contributed by atoms with Crippen LogP contribution in [0.2, 0.25) is 0 Å². The fourth-order valence-corrected chi connectivity index (χ4v) is 2.02.